The van der Waals surface area contributed by atoms with Gasteiger partial charge in [0.2, 0.25) is 0 Å². The van der Waals surface area contributed by atoms with Crippen molar-refractivity contribution in [1.29, 1.82) is 5.26 Å². The lowest BCUT2D eigenvalue weighted by atomic mass is 9.88. The summed E-state index contributed by atoms with van der Waals surface area (Å²) in [6.07, 6.45) is 5.97. The number of nitrogens with one attached hydrogen (secondary N) is 1. The van der Waals surface area contributed by atoms with Crippen LogP contribution < -0.4 is 5.32 Å². The average molecular weight is 208 g/mol. The van der Waals surface area contributed by atoms with Gasteiger partial charge in [-0.1, -0.05) is 0 Å². The molecule has 2 aliphatic rings. The molecule has 2 saturated carbocycles. The molecule has 0 spiro atoms. The van der Waals surface area contributed by atoms with Crippen LogP contribution in [0.4, 0.5) is 0 Å². The molecule has 84 valence electrons. The molecule has 0 unspecified atom stereocenters. The first kappa shape index (κ1) is 10.9. The highest BCUT2D eigenvalue weighted by Crippen LogP contribution is 2.48. The van der Waals surface area contributed by atoms with Crippen LogP contribution in [-0.2, 0) is 4.74 Å². The summed E-state index contributed by atoms with van der Waals surface area (Å²) in [7, 11) is 0. The second kappa shape index (κ2) is 4.51. The number of rotatable bonds is 6. The molecule has 0 aromatic heterocycles. The van der Waals surface area contributed by atoms with Gasteiger partial charge < -0.3 is 10.1 Å². The summed E-state index contributed by atoms with van der Waals surface area (Å²) in [4.78, 5) is 0. The van der Waals surface area contributed by atoms with E-state index >= 15 is 0 Å². The Hall–Kier alpha value is -0.590. The second-order valence-corrected chi connectivity index (χ2v) is 4.96. The van der Waals surface area contributed by atoms with Crippen LogP contribution in [0.15, 0.2) is 0 Å². The first-order chi connectivity index (χ1) is 7.28. The third-order valence-corrected chi connectivity index (χ3v) is 3.67. The van der Waals surface area contributed by atoms with Crippen molar-refractivity contribution in [3.05, 3.63) is 0 Å². The highest BCUT2D eigenvalue weighted by atomic mass is 16.5. The van der Waals surface area contributed by atoms with E-state index in [1.54, 1.807) is 0 Å². The van der Waals surface area contributed by atoms with Crippen LogP contribution in [0, 0.1) is 16.7 Å². The maximum atomic E-state index is 8.69. The van der Waals surface area contributed by atoms with E-state index in [9.17, 15) is 0 Å². The Morgan fingerprint density at radius 3 is 2.73 bits per heavy atom. The van der Waals surface area contributed by atoms with Crippen LogP contribution in [0.1, 0.15) is 39.0 Å². The minimum atomic E-state index is 0.339. The van der Waals surface area contributed by atoms with Crippen molar-refractivity contribution in [2.45, 2.75) is 51.2 Å². The fourth-order valence-electron chi connectivity index (χ4n) is 2.23. The molecule has 2 rings (SSSR count). The molecule has 0 amide bonds. The van der Waals surface area contributed by atoms with E-state index in [1.807, 2.05) is 6.92 Å². The smallest absolute Gasteiger partial charge is 0.0628 e. The zero-order valence-electron chi connectivity index (χ0n) is 9.46. The lowest BCUT2D eigenvalue weighted by Crippen LogP contribution is -2.47. The second-order valence-electron chi connectivity index (χ2n) is 4.96. The topological polar surface area (TPSA) is 45.0 Å². The van der Waals surface area contributed by atoms with Crippen LogP contribution in [-0.4, -0.2) is 25.3 Å². The summed E-state index contributed by atoms with van der Waals surface area (Å²) in [5.41, 5.74) is 0.339. The van der Waals surface area contributed by atoms with Crippen molar-refractivity contribution in [3.8, 4) is 6.07 Å². The van der Waals surface area contributed by atoms with E-state index in [-0.39, 0.29) is 0 Å². The molecule has 15 heavy (non-hydrogen) atoms. The number of nitrogens with zero attached hydrogens (tertiary/aromatic N) is 1. The maximum absolute atomic E-state index is 8.69. The summed E-state index contributed by atoms with van der Waals surface area (Å²) < 4.78 is 5.51. The SMILES string of the molecule is CCOC1CC(NCC2(CC#N)CC2)C1. The van der Waals surface area contributed by atoms with Crippen LogP contribution in [0.5, 0.6) is 0 Å². The molecule has 0 atom stereocenters. The molecular formula is C12H20N2O. The molecule has 3 heteroatoms. The van der Waals surface area contributed by atoms with E-state index in [2.05, 4.69) is 11.4 Å². The van der Waals surface area contributed by atoms with Gasteiger partial charge in [0.05, 0.1) is 12.2 Å². The minimum Gasteiger partial charge on any atom is -0.378 e. The fourth-order valence-corrected chi connectivity index (χ4v) is 2.23. The summed E-state index contributed by atoms with van der Waals surface area (Å²) >= 11 is 0. The van der Waals surface area contributed by atoms with Crippen LogP contribution in [0.2, 0.25) is 0 Å². The highest BCUT2D eigenvalue weighted by molar-refractivity contribution is 5.02. The molecular weight excluding hydrogens is 188 g/mol. The van der Waals surface area contributed by atoms with Crippen molar-refractivity contribution in [1.82, 2.24) is 5.32 Å². The summed E-state index contributed by atoms with van der Waals surface area (Å²) in [6.45, 7) is 3.91. The minimum absolute atomic E-state index is 0.339. The van der Waals surface area contributed by atoms with E-state index in [0.29, 0.717) is 17.6 Å². The van der Waals surface area contributed by atoms with Gasteiger partial charge in [0.25, 0.3) is 0 Å². The molecule has 0 heterocycles. The summed E-state index contributed by atoms with van der Waals surface area (Å²) in [6, 6.07) is 2.93. The molecule has 2 aliphatic carbocycles. The largest absolute Gasteiger partial charge is 0.378 e. The standard InChI is InChI=1S/C12H20N2O/c1-2-15-11-7-10(8-11)14-9-12(3-4-12)5-6-13/h10-11,14H,2-5,7-9H2,1H3. The monoisotopic (exact) mass is 208 g/mol. The molecule has 0 aromatic carbocycles. The Morgan fingerprint density at radius 1 is 1.47 bits per heavy atom. The van der Waals surface area contributed by atoms with E-state index < -0.39 is 0 Å². The molecule has 3 nitrogen and oxygen atoms in total. The fraction of sp³-hybridized carbons (Fsp3) is 0.917. The van der Waals surface area contributed by atoms with Gasteiger partial charge in [-0.25, -0.2) is 0 Å². The maximum Gasteiger partial charge on any atom is 0.0628 e. The number of hydrogen-bond acceptors (Lipinski definition) is 3. The lowest BCUT2D eigenvalue weighted by Gasteiger charge is -2.36. The first-order valence-electron chi connectivity index (χ1n) is 6.00. The van der Waals surface area contributed by atoms with Gasteiger partial charge in [0, 0.05) is 25.6 Å². The predicted octanol–water partition coefficient (Wildman–Crippen LogP) is 1.84. The average Bonchev–Trinajstić information content (AvgIpc) is 2.90. The van der Waals surface area contributed by atoms with E-state index in [4.69, 9.17) is 10.00 Å². The van der Waals surface area contributed by atoms with Crippen molar-refractivity contribution in [2.24, 2.45) is 5.41 Å². The third-order valence-electron chi connectivity index (χ3n) is 3.67. The van der Waals surface area contributed by atoms with E-state index in [1.165, 1.54) is 12.8 Å². The molecule has 0 saturated heterocycles. The van der Waals surface area contributed by atoms with Gasteiger partial charge in [-0.15, -0.1) is 0 Å². The normalized spacial score (nSPS) is 31.7. The Kier molecular flexibility index (Phi) is 3.28. The van der Waals surface area contributed by atoms with Crippen molar-refractivity contribution in [2.75, 3.05) is 13.2 Å². The predicted molar refractivity (Wildman–Crippen MR) is 58.3 cm³/mol. The van der Waals surface area contributed by atoms with Crippen LogP contribution in [0.25, 0.3) is 0 Å². The van der Waals surface area contributed by atoms with Gasteiger partial charge in [0.15, 0.2) is 0 Å². The number of nitriles is 1. The molecule has 0 bridgehead atoms. The van der Waals surface area contributed by atoms with Gasteiger partial charge >= 0.3 is 0 Å². The Balaban J connectivity index is 1.59. The zero-order valence-corrected chi connectivity index (χ0v) is 9.46. The van der Waals surface area contributed by atoms with Gasteiger partial charge in [0.1, 0.15) is 0 Å². The highest BCUT2D eigenvalue weighted by Gasteiger charge is 2.43. The van der Waals surface area contributed by atoms with Gasteiger partial charge in [-0.05, 0) is 38.0 Å². The molecule has 0 aliphatic heterocycles. The number of hydrogen-bond donors (Lipinski definition) is 1. The third kappa shape index (κ3) is 2.70. The Labute approximate surface area is 91.8 Å². The Morgan fingerprint density at radius 2 is 2.20 bits per heavy atom. The Bertz CT molecular complexity index is 249. The molecule has 2 fully saturated rings. The quantitative estimate of drug-likeness (QED) is 0.724. The van der Waals surface area contributed by atoms with E-state index in [0.717, 1.165) is 32.4 Å². The molecule has 1 N–H and O–H groups in total. The van der Waals surface area contributed by atoms with Gasteiger partial charge in [-0.3, -0.25) is 0 Å². The zero-order chi connectivity index (χ0) is 10.7. The first-order valence-corrected chi connectivity index (χ1v) is 6.00. The van der Waals surface area contributed by atoms with Gasteiger partial charge in [-0.2, -0.15) is 5.26 Å². The van der Waals surface area contributed by atoms with Crippen LogP contribution >= 0.6 is 0 Å². The molecule has 0 aromatic rings. The lowest BCUT2D eigenvalue weighted by molar-refractivity contribution is -0.0108. The summed E-state index contributed by atoms with van der Waals surface area (Å²) in [5, 5.41) is 12.3. The molecule has 0 radical (unpaired) electrons. The van der Waals surface area contributed by atoms with Crippen molar-refractivity contribution in [3.63, 3.8) is 0 Å². The van der Waals surface area contributed by atoms with Crippen molar-refractivity contribution >= 4 is 0 Å². The number of ether oxygens (including phenoxy) is 1. The van der Waals surface area contributed by atoms with Crippen molar-refractivity contribution < 1.29 is 4.74 Å². The summed E-state index contributed by atoms with van der Waals surface area (Å²) in [5.74, 6) is 0. The van der Waals surface area contributed by atoms with Crippen LogP contribution in [0.3, 0.4) is 0 Å².